The summed E-state index contributed by atoms with van der Waals surface area (Å²) in [6.45, 7) is 6.18. The van der Waals surface area contributed by atoms with Crippen LogP contribution in [0.25, 0.3) is 0 Å². The lowest BCUT2D eigenvalue weighted by Gasteiger charge is -2.31. The SMILES string of the molecule is COc1ccc(S(=O)(=O)N(C)C2CCCCC2)cc1C(C)(C)C. The number of benzene rings is 1. The van der Waals surface area contributed by atoms with Crippen molar-refractivity contribution in [1.29, 1.82) is 0 Å². The molecule has 0 saturated heterocycles. The molecule has 5 heteroatoms. The number of ether oxygens (including phenoxy) is 1. The normalized spacial score (nSPS) is 17.5. The van der Waals surface area contributed by atoms with Gasteiger partial charge in [-0.3, -0.25) is 0 Å². The second kappa shape index (κ2) is 6.81. The summed E-state index contributed by atoms with van der Waals surface area (Å²) >= 11 is 0. The van der Waals surface area contributed by atoms with Crippen molar-refractivity contribution in [3.63, 3.8) is 0 Å². The van der Waals surface area contributed by atoms with Gasteiger partial charge in [0.25, 0.3) is 0 Å². The Morgan fingerprint density at radius 1 is 1.13 bits per heavy atom. The van der Waals surface area contributed by atoms with Gasteiger partial charge in [-0.15, -0.1) is 0 Å². The van der Waals surface area contributed by atoms with Crippen LogP contribution in [0.5, 0.6) is 5.75 Å². The summed E-state index contributed by atoms with van der Waals surface area (Å²) in [5.74, 6) is 0.733. The van der Waals surface area contributed by atoms with E-state index in [0.29, 0.717) is 4.90 Å². The zero-order chi connectivity index (χ0) is 17.3. The Bertz CT molecular complexity index is 641. The van der Waals surface area contributed by atoms with Gasteiger partial charge in [-0.2, -0.15) is 4.31 Å². The second-order valence-electron chi connectivity index (χ2n) is 7.43. The molecule has 0 atom stereocenters. The van der Waals surface area contributed by atoms with E-state index in [9.17, 15) is 8.42 Å². The third-order valence-corrected chi connectivity index (χ3v) is 6.65. The molecule has 1 aromatic carbocycles. The molecule has 0 bridgehead atoms. The maximum Gasteiger partial charge on any atom is 0.243 e. The zero-order valence-electron chi connectivity index (χ0n) is 14.9. The highest BCUT2D eigenvalue weighted by molar-refractivity contribution is 7.89. The van der Waals surface area contributed by atoms with Crippen molar-refractivity contribution in [2.24, 2.45) is 0 Å². The molecule has 1 aliphatic rings. The summed E-state index contributed by atoms with van der Waals surface area (Å²) < 4.78 is 33.0. The Labute approximate surface area is 140 Å². The summed E-state index contributed by atoms with van der Waals surface area (Å²) in [4.78, 5) is 0.358. The van der Waals surface area contributed by atoms with Crippen LogP contribution in [0.2, 0.25) is 0 Å². The van der Waals surface area contributed by atoms with Gasteiger partial charge in [0.1, 0.15) is 5.75 Å². The molecule has 1 aliphatic carbocycles. The van der Waals surface area contributed by atoms with E-state index in [-0.39, 0.29) is 11.5 Å². The number of sulfonamides is 1. The van der Waals surface area contributed by atoms with Crippen LogP contribution in [0.3, 0.4) is 0 Å². The predicted molar refractivity (Wildman–Crippen MR) is 93.5 cm³/mol. The van der Waals surface area contributed by atoms with Gasteiger partial charge in [-0.05, 0) is 36.5 Å². The minimum Gasteiger partial charge on any atom is -0.496 e. The molecule has 0 aliphatic heterocycles. The fourth-order valence-electron chi connectivity index (χ4n) is 3.24. The summed E-state index contributed by atoms with van der Waals surface area (Å²) in [5, 5.41) is 0. The molecule has 0 aromatic heterocycles. The summed E-state index contributed by atoms with van der Waals surface area (Å²) in [5.41, 5.74) is 0.735. The fourth-order valence-corrected chi connectivity index (χ4v) is 4.68. The van der Waals surface area contributed by atoms with Crippen LogP contribution in [0.1, 0.15) is 58.4 Å². The molecule has 0 N–H and O–H groups in total. The molecule has 1 fully saturated rings. The van der Waals surface area contributed by atoms with Crippen molar-refractivity contribution >= 4 is 10.0 Å². The van der Waals surface area contributed by atoms with Gasteiger partial charge in [0.2, 0.25) is 10.0 Å². The molecular weight excluding hydrogens is 310 g/mol. The van der Waals surface area contributed by atoms with Gasteiger partial charge in [-0.1, -0.05) is 40.0 Å². The minimum atomic E-state index is -3.47. The van der Waals surface area contributed by atoms with E-state index >= 15 is 0 Å². The van der Waals surface area contributed by atoms with E-state index < -0.39 is 10.0 Å². The highest BCUT2D eigenvalue weighted by Crippen LogP contribution is 2.34. The van der Waals surface area contributed by atoms with Crippen LogP contribution in [0.15, 0.2) is 23.1 Å². The predicted octanol–water partition coefficient (Wildman–Crippen LogP) is 3.95. The molecule has 0 radical (unpaired) electrons. The second-order valence-corrected chi connectivity index (χ2v) is 9.42. The van der Waals surface area contributed by atoms with E-state index in [0.717, 1.165) is 37.0 Å². The van der Waals surface area contributed by atoms with E-state index in [1.807, 2.05) is 0 Å². The lowest BCUT2D eigenvalue weighted by Crippen LogP contribution is -2.38. The smallest absolute Gasteiger partial charge is 0.243 e. The summed E-state index contributed by atoms with van der Waals surface area (Å²) in [7, 11) is -0.136. The van der Waals surface area contributed by atoms with Crippen LogP contribution < -0.4 is 4.74 Å². The van der Waals surface area contributed by atoms with Crippen LogP contribution in [-0.4, -0.2) is 32.9 Å². The van der Waals surface area contributed by atoms with Crippen molar-refractivity contribution in [2.45, 2.75) is 69.2 Å². The van der Waals surface area contributed by atoms with Crippen LogP contribution in [-0.2, 0) is 15.4 Å². The monoisotopic (exact) mass is 339 g/mol. The lowest BCUT2D eigenvalue weighted by molar-refractivity contribution is 0.285. The van der Waals surface area contributed by atoms with Crippen molar-refractivity contribution < 1.29 is 13.2 Å². The van der Waals surface area contributed by atoms with Gasteiger partial charge < -0.3 is 4.74 Å². The van der Waals surface area contributed by atoms with E-state index in [1.165, 1.54) is 6.42 Å². The van der Waals surface area contributed by atoms with Gasteiger partial charge in [-0.25, -0.2) is 8.42 Å². The largest absolute Gasteiger partial charge is 0.496 e. The van der Waals surface area contributed by atoms with Gasteiger partial charge >= 0.3 is 0 Å². The molecule has 0 spiro atoms. The lowest BCUT2D eigenvalue weighted by atomic mass is 9.86. The summed E-state index contributed by atoms with van der Waals surface area (Å²) in [6, 6.07) is 5.31. The number of hydrogen-bond acceptors (Lipinski definition) is 3. The number of hydrogen-bond donors (Lipinski definition) is 0. The minimum absolute atomic E-state index is 0.119. The molecule has 1 saturated carbocycles. The number of nitrogens with zero attached hydrogens (tertiary/aromatic N) is 1. The number of methoxy groups -OCH3 is 1. The molecule has 1 aromatic rings. The maximum absolute atomic E-state index is 13.0. The molecule has 4 nitrogen and oxygen atoms in total. The standard InChI is InChI=1S/C18H29NO3S/c1-18(2,3)16-13-15(11-12-17(16)22-5)23(20,21)19(4)14-9-7-6-8-10-14/h11-14H,6-10H2,1-5H3. The van der Waals surface area contributed by atoms with E-state index in [2.05, 4.69) is 20.8 Å². The number of rotatable bonds is 4. The Kier molecular flexibility index (Phi) is 5.41. The average molecular weight is 340 g/mol. The van der Waals surface area contributed by atoms with E-state index in [4.69, 9.17) is 4.74 Å². The Hall–Kier alpha value is -1.07. The average Bonchev–Trinajstić information content (AvgIpc) is 2.53. The van der Waals surface area contributed by atoms with Gasteiger partial charge in [0.05, 0.1) is 12.0 Å². The molecule has 23 heavy (non-hydrogen) atoms. The van der Waals surface area contributed by atoms with E-state index in [1.54, 1.807) is 36.7 Å². The summed E-state index contributed by atoms with van der Waals surface area (Å²) in [6.07, 6.45) is 5.35. The molecule has 130 valence electrons. The first-order valence-corrected chi connectivity index (χ1v) is 9.78. The van der Waals surface area contributed by atoms with Gasteiger partial charge in [0, 0.05) is 18.7 Å². The first-order chi connectivity index (χ1) is 10.7. The molecular formula is C18H29NO3S. The molecule has 0 amide bonds. The van der Waals surface area contributed by atoms with Crippen LogP contribution in [0.4, 0.5) is 0 Å². The Balaban J connectivity index is 2.39. The fraction of sp³-hybridized carbons (Fsp3) is 0.667. The zero-order valence-corrected chi connectivity index (χ0v) is 15.7. The molecule has 0 unspecified atom stereocenters. The first-order valence-electron chi connectivity index (χ1n) is 8.34. The third-order valence-electron chi connectivity index (χ3n) is 4.74. The highest BCUT2D eigenvalue weighted by Gasteiger charge is 2.30. The van der Waals surface area contributed by atoms with Crippen molar-refractivity contribution in [1.82, 2.24) is 4.31 Å². The third kappa shape index (κ3) is 3.89. The van der Waals surface area contributed by atoms with Crippen molar-refractivity contribution in [3.05, 3.63) is 23.8 Å². The van der Waals surface area contributed by atoms with Crippen LogP contribution >= 0.6 is 0 Å². The first kappa shape index (κ1) is 18.3. The van der Waals surface area contributed by atoms with Crippen molar-refractivity contribution in [3.8, 4) is 5.75 Å². The van der Waals surface area contributed by atoms with Crippen LogP contribution in [0, 0.1) is 0 Å². The Morgan fingerprint density at radius 2 is 1.74 bits per heavy atom. The highest BCUT2D eigenvalue weighted by atomic mass is 32.2. The molecule has 0 heterocycles. The quantitative estimate of drug-likeness (QED) is 0.834. The van der Waals surface area contributed by atoms with Gasteiger partial charge in [0.15, 0.2) is 0 Å². The maximum atomic E-state index is 13.0. The topological polar surface area (TPSA) is 46.6 Å². The van der Waals surface area contributed by atoms with Crippen molar-refractivity contribution in [2.75, 3.05) is 14.2 Å². The Morgan fingerprint density at radius 3 is 2.26 bits per heavy atom. The molecule has 2 rings (SSSR count).